The number of alkyl halides is 4. The molecule has 0 nitrogen and oxygen atoms in total. The van der Waals surface area contributed by atoms with Gasteiger partial charge in [0, 0.05) is 11.2 Å². The van der Waals surface area contributed by atoms with Gasteiger partial charge in [-0.2, -0.15) is 17.6 Å². The Labute approximate surface area is 83.4 Å². The molecule has 0 aromatic rings. The van der Waals surface area contributed by atoms with Crippen LogP contribution in [0.1, 0.15) is 19.3 Å². The molecule has 2 aliphatic carbocycles. The smallest absolute Gasteiger partial charge is 0.198 e. The molecule has 0 aromatic heterocycles. The zero-order chi connectivity index (χ0) is 10.1. The van der Waals surface area contributed by atoms with Crippen LogP contribution in [-0.4, -0.2) is 16.4 Å². The Morgan fingerprint density at radius 3 is 2.29 bits per heavy atom. The molecule has 14 heavy (non-hydrogen) atoms. The van der Waals surface area contributed by atoms with Gasteiger partial charge >= 0.3 is 11.2 Å². The highest BCUT2D eigenvalue weighted by Gasteiger charge is 2.75. The van der Waals surface area contributed by atoms with E-state index in [-0.39, 0.29) is 23.6 Å². The molecular weight excluding hydrogens is 216 g/mol. The molecule has 2 bridgehead atoms. The largest absolute Gasteiger partial charge is 0.356 e. The van der Waals surface area contributed by atoms with Crippen LogP contribution in [0.25, 0.3) is 0 Å². The molecule has 0 amide bonds. The van der Waals surface area contributed by atoms with E-state index in [1.165, 1.54) is 0 Å². The van der Waals surface area contributed by atoms with E-state index in [1.807, 2.05) is 0 Å². The molecule has 0 aromatic carbocycles. The van der Waals surface area contributed by atoms with Crippen molar-refractivity contribution in [2.75, 3.05) is 0 Å². The van der Waals surface area contributed by atoms with Crippen molar-refractivity contribution < 1.29 is 17.6 Å². The van der Waals surface area contributed by atoms with Crippen molar-refractivity contribution in [3.8, 4) is 0 Å². The third-order valence-corrected chi connectivity index (χ3v) is 5.45. The third-order valence-electron chi connectivity index (χ3n) is 3.93. The molecule has 80 valence electrons. The summed E-state index contributed by atoms with van der Waals surface area (Å²) < 4.78 is 52.8. The van der Waals surface area contributed by atoms with Gasteiger partial charge in [0.05, 0.1) is 0 Å². The van der Waals surface area contributed by atoms with Crippen LogP contribution in [0.15, 0.2) is 0 Å². The molecule has 0 radical (unpaired) electrons. The zero-order valence-electron chi connectivity index (χ0n) is 7.35. The summed E-state index contributed by atoms with van der Waals surface area (Å²) in [6, 6.07) is 0. The van der Waals surface area contributed by atoms with Gasteiger partial charge in [-0.1, -0.05) is 11.8 Å². The van der Waals surface area contributed by atoms with Crippen molar-refractivity contribution in [1.82, 2.24) is 0 Å². The third kappa shape index (κ3) is 0.877. The first kappa shape index (κ1) is 9.31. The summed E-state index contributed by atoms with van der Waals surface area (Å²) in [6.45, 7) is 0. The van der Waals surface area contributed by atoms with Gasteiger partial charge < -0.3 is 0 Å². The summed E-state index contributed by atoms with van der Waals surface area (Å²) in [5, 5.41) is -4.32. The summed E-state index contributed by atoms with van der Waals surface area (Å²) in [6.07, 6.45) is 2.33. The number of halogens is 4. The van der Waals surface area contributed by atoms with E-state index in [0.717, 1.165) is 19.3 Å². The first-order chi connectivity index (χ1) is 6.43. The SMILES string of the molecule is FC1(F)S[C@@H]2[C@H]3CC[C@@H](C3)[C@H]2C1(F)F. The highest BCUT2D eigenvalue weighted by Crippen LogP contribution is 2.69. The molecule has 5 heteroatoms. The van der Waals surface area contributed by atoms with Crippen molar-refractivity contribution in [2.45, 2.75) is 35.7 Å². The first-order valence-electron chi connectivity index (χ1n) is 4.87. The minimum atomic E-state index is -3.83. The quantitative estimate of drug-likeness (QED) is 0.570. The lowest BCUT2D eigenvalue weighted by atomic mass is 9.84. The van der Waals surface area contributed by atoms with Crippen LogP contribution in [0.2, 0.25) is 0 Å². The predicted molar refractivity (Wildman–Crippen MR) is 45.6 cm³/mol. The van der Waals surface area contributed by atoms with Gasteiger partial charge in [0.2, 0.25) is 0 Å². The Kier molecular flexibility index (Phi) is 1.61. The molecule has 3 aliphatic rings. The average molecular weight is 226 g/mol. The van der Waals surface area contributed by atoms with Crippen LogP contribution in [0.3, 0.4) is 0 Å². The van der Waals surface area contributed by atoms with Gasteiger partial charge in [0.15, 0.2) is 0 Å². The van der Waals surface area contributed by atoms with E-state index < -0.39 is 22.3 Å². The average Bonchev–Trinajstić information content (AvgIpc) is 2.64. The molecule has 3 fully saturated rings. The van der Waals surface area contributed by atoms with Crippen LogP contribution in [0.5, 0.6) is 0 Å². The maximum atomic E-state index is 13.4. The number of hydrogen-bond acceptors (Lipinski definition) is 1. The van der Waals surface area contributed by atoms with E-state index in [0.29, 0.717) is 0 Å². The Hall–Kier alpha value is 0.0700. The summed E-state index contributed by atoms with van der Waals surface area (Å²) in [4.78, 5) is 0. The Balaban J connectivity index is 2.00. The molecule has 0 spiro atoms. The standard InChI is InChI=1S/C9H10F4S/c10-8(11)6-4-1-2-5(3-4)7(6)14-9(8,12)13/h4-7H,1-3H2/t4-,5-,6+,7+/m0/s1. The molecule has 1 aliphatic heterocycles. The lowest BCUT2D eigenvalue weighted by Crippen LogP contribution is -2.41. The second-order valence-electron chi connectivity index (χ2n) is 4.58. The van der Waals surface area contributed by atoms with E-state index in [2.05, 4.69) is 0 Å². The van der Waals surface area contributed by atoms with Crippen molar-refractivity contribution in [1.29, 1.82) is 0 Å². The highest BCUT2D eigenvalue weighted by molar-refractivity contribution is 8.01. The monoisotopic (exact) mass is 226 g/mol. The summed E-state index contributed by atoms with van der Waals surface area (Å²) >= 11 is 0.225. The Morgan fingerprint density at radius 2 is 1.64 bits per heavy atom. The maximum Gasteiger partial charge on any atom is 0.356 e. The topological polar surface area (TPSA) is 0 Å². The second-order valence-corrected chi connectivity index (χ2v) is 5.87. The number of fused-ring (bicyclic) bond motifs is 5. The van der Waals surface area contributed by atoms with E-state index in [1.54, 1.807) is 0 Å². The molecular formula is C9H10F4S. The number of rotatable bonds is 0. The molecule has 0 unspecified atom stereocenters. The molecule has 1 saturated heterocycles. The van der Waals surface area contributed by atoms with Crippen LogP contribution >= 0.6 is 11.8 Å². The highest BCUT2D eigenvalue weighted by atomic mass is 32.2. The van der Waals surface area contributed by atoms with Crippen LogP contribution in [0, 0.1) is 17.8 Å². The molecule has 3 rings (SSSR count). The van der Waals surface area contributed by atoms with E-state index in [4.69, 9.17) is 0 Å². The molecule has 2 saturated carbocycles. The molecule has 4 atom stereocenters. The maximum absolute atomic E-state index is 13.4. The second kappa shape index (κ2) is 2.42. The van der Waals surface area contributed by atoms with Crippen molar-refractivity contribution >= 4 is 11.8 Å². The lowest BCUT2D eigenvalue weighted by Gasteiger charge is -2.27. The summed E-state index contributed by atoms with van der Waals surface area (Å²) in [5.41, 5.74) is 0. The molecule has 1 heterocycles. The minimum Gasteiger partial charge on any atom is -0.198 e. The van der Waals surface area contributed by atoms with Crippen LogP contribution < -0.4 is 0 Å². The van der Waals surface area contributed by atoms with E-state index in [9.17, 15) is 17.6 Å². The molecule has 0 N–H and O–H groups in total. The van der Waals surface area contributed by atoms with Gasteiger partial charge in [0.25, 0.3) is 0 Å². The van der Waals surface area contributed by atoms with Crippen molar-refractivity contribution in [3.05, 3.63) is 0 Å². The van der Waals surface area contributed by atoms with Crippen molar-refractivity contribution in [3.63, 3.8) is 0 Å². The zero-order valence-corrected chi connectivity index (χ0v) is 8.17. The lowest BCUT2D eigenvalue weighted by molar-refractivity contribution is -0.182. The van der Waals surface area contributed by atoms with Crippen LogP contribution in [-0.2, 0) is 0 Å². The fourth-order valence-electron chi connectivity index (χ4n) is 3.35. The fourth-order valence-corrected chi connectivity index (χ4v) is 4.97. The van der Waals surface area contributed by atoms with Crippen molar-refractivity contribution in [2.24, 2.45) is 17.8 Å². The number of thioether (sulfide) groups is 1. The van der Waals surface area contributed by atoms with Gasteiger partial charge in [-0.05, 0) is 31.1 Å². The van der Waals surface area contributed by atoms with Gasteiger partial charge in [-0.25, -0.2) is 0 Å². The number of hydrogen-bond donors (Lipinski definition) is 0. The summed E-state index contributed by atoms with van der Waals surface area (Å²) in [7, 11) is 0. The predicted octanol–water partition coefficient (Wildman–Crippen LogP) is 3.38. The Morgan fingerprint density at radius 1 is 1.00 bits per heavy atom. The fraction of sp³-hybridized carbons (Fsp3) is 1.00. The first-order valence-corrected chi connectivity index (χ1v) is 5.75. The van der Waals surface area contributed by atoms with Gasteiger partial charge in [-0.15, -0.1) is 0 Å². The van der Waals surface area contributed by atoms with Crippen LogP contribution in [0.4, 0.5) is 17.6 Å². The minimum absolute atomic E-state index is 0.120. The Bertz CT molecular complexity index is 278. The van der Waals surface area contributed by atoms with E-state index >= 15 is 0 Å². The van der Waals surface area contributed by atoms with Gasteiger partial charge in [-0.3, -0.25) is 0 Å². The normalized spacial score (nSPS) is 52.3. The van der Waals surface area contributed by atoms with Gasteiger partial charge in [0.1, 0.15) is 0 Å². The summed E-state index contributed by atoms with van der Waals surface area (Å²) in [5.74, 6) is -4.86.